The Labute approximate surface area is 103 Å². The molecule has 1 aromatic carbocycles. The Morgan fingerprint density at radius 1 is 1.29 bits per heavy atom. The molecule has 2 N–H and O–H groups in total. The van der Waals surface area contributed by atoms with Gasteiger partial charge in [-0.05, 0) is 57.9 Å². The molecule has 0 bridgehead atoms. The molecule has 2 nitrogen and oxygen atoms in total. The van der Waals surface area contributed by atoms with E-state index in [-0.39, 0.29) is 0 Å². The van der Waals surface area contributed by atoms with E-state index in [9.17, 15) is 0 Å². The summed E-state index contributed by atoms with van der Waals surface area (Å²) in [5.41, 5.74) is 9.72. The summed E-state index contributed by atoms with van der Waals surface area (Å²) in [5, 5.41) is 1.40. The molecule has 0 saturated heterocycles. The normalized spacial score (nSPS) is 11.6. The molecule has 1 aromatic heterocycles. The minimum Gasteiger partial charge on any atom is -0.342 e. The van der Waals surface area contributed by atoms with E-state index in [0.29, 0.717) is 6.04 Å². The molecule has 0 fully saturated rings. The van der Waals surface area contributed by atoms with Crippen molar-refractivity contribution in [3.63, 3.8) is 0 Å². The monoisotopic (exact) mass is 230 g/mol. The Bertz CT molecular complexity index is 509. The number of benzene rings is 1. The highest BCUT2D eigenvalue weighted by Crippen LogP contribution is 2.27. The van der Waals surface area contributed by atoms with Crippen LogP contribution in [0.4, 0.5) is 0 Å². The molecule has 0 saturated carbocycles. The summed E-state index contributed by atoms with van der Waals surface area (Å²) in [5.74, 6) is 0. The van der Waals surface area contributed by atoms with E-state index in [1.54, 1.807) is 0 Å². The van der Waals surface area contributed by atoms with Crippen LogP contribution in [0.1, 0.15) is 37.6 Å². The molecular weight excluding hydrogens is 208 g/mol. The van der Waals surface area contributed by atoms with Crippen LogP contribution in [0.5, 0.6) is 0 Å². The number of hydrogen-bond donors (Lipinski definition) is 1. The number of nitrogens with zero attached hydrogens (tertiary/aromatic N) is 1. The van der Waals surface area contributed by atoms with Crippen LogP contribution in [-0.2, 0) is 6.42 Å². The Morgan fingerprint density at radius 3 is 2.71 bits per heavy atom. The average molecular weight is 230 g/mol. The second-order valence-corrected chi connectivity index (χ2v) is 4.99. The van der Waals surface area contributed by atoms with Gasteiger partial charge >= 0.3 is 0 Å². The standard InChI is InChI=1S/C15H22N2/c1-11(2)17-12(3)10-14-13(7-5-9-16)6-4-8-15(14)17/h4,6,8,10-11H,5,7,9,16H2,1-3H3. The molecule has 1 heterocycles. The Balaban J connectivity index is 2.54. The molecule has 0 atom stereocenters. The third-order valence-electron chi connectivity index (χ3n) is 3.33. The van der Waals surface area contributed by atoms with Crippen molar-refractivity contribution in [3.8, 4) is 0 Å². The number of aryl methyl sites for hydroxylation is 2. The highest BCUT2D eigenvalue weighted by atomic mass is 15.0. The largest absolute Gasteiger partial charge is 0.342 e. The van der Waals surface area contributed by atoms with E-state index < -0.39 is 0 Å². The first-order valence-electron chi connectivity index (χ1n) is 6.44. The van der Waals surface area contributed by atoms with Gasteiger partial charge in [0.2, 0.25) is 0 Å². The Kier molecular flexibility index (Phi) is 3.53. The van der Waals surface area contributed by atoms with Gasteiger partial charge < -0.3 is 10.3 Å². The van der Waals surface area contributed by atoms with E-state index in [1.165, 1.54) is 22.2 Å². The summed E-state index contributed by atoms with van der Waals surface area (Å²) < 4.78 is 2.40. The van der Waals surface area contributed by atoms with Crippen LogP contribution in [0.2, 0.25) is 0 Å². The lowest BCUT2D eigenvalue weighted by Gasteiger charge is -2.12. The molecule has 0 aliphatic heterocycles. The zero-order valence-corrected chi connectivity index (χ0v) is 11.0. The van der Waals surface area contributed by atoms with Crippen molar-refractivity contribution in [2.45, 2.75) is 39.7 Å². The molecule has 0 aliphatic rings. The van der Waals surface area contributed by atoms with Crippen LogP contribution >= 0.6 is 0 Å². The van der Waals surface area contributed by atoms with Crippen molar-refractivity contribution in [2.75, 3.05) is 6.54 Å². The lowest BCUT2D eigenvalue weighted by molar-refractivity contribution is 0.608. The van der Waals surface area contributed by atoms with Crippen LogP contribution in [0.15, 0.2) is 24.3 Å². The van der Waals surface area contributed by atoms with Crippen LogP contribution in [0.3, 0.4) is 0 Å². The van der Waals surface area contributed by atoms with Gasteiger partial charge in [-0.25, -0.2) is 0 Å². The minimum absolute atomic E-state index is 0.511. The second kappa shape index (κ2) is 4.92. The SMILES string of the molecule is Cc1cc2c(CCCN)cccc2n1C(C)C. The summed E-state index contributed by atoms with van der Waals surface area (Å²) in [6.45, 7) is 7.42. The number of rotatable bonds is 4. The zero-order valence-electron chi connectivity index (χ0n) is 11.0. The number of fused-ring (bicyclic) bond motifs is 1. The summed E-state index contributed by atoms with van der Waals surface area (Å²) in [6, 6.07) is 9.42. The fourth-order valence-corrected chi connectivity index (χ4v) is 2.64. The van der Waals surface area contributed by atoms with Gasteiger partial charge in [0.1, 0.15) is 0 Å². The summed E-state index contributed by atoms with van der Waals surface area (Å²) in [7, 11) is 0. The van der Waals surface area contributed by atoms with E-state index in [1.807, 2.05) is 0 Å². The Hall–Kier alpha value is -1.28. The van der Waals surface area contributed by atoms with Gasteiger partial charge in [-0.15, -0.1) is 0 Å². The van der Waals surface area contributed by atoms with E-state index in [0.717, 1.165) is 19.4 Å². The predicted octanol–water partition coefficient (Wildman–Crippen LogP) is 3.42. The number of hydrogen-bond acceptors (Lipinski definition) is 1. The molecule has 2 heteroatoms. The van der Waals surface area contributed by atoms with Crippen molar-refractivity contribution in [1.29, 1.82) is 0 Å². The zero-order chi connectivity index (χ0) is 12.4. The van der Waals surface area contributed by atoms with Crippen molar-refractivity contribution < 1.29 is 0 Å². The molecule has 0 unspecified atom stereocenters. The highest BCUT2D eigenvalue weighted by molar-refractivity contribution is 5.85. The third kappa shape index (κ3) is 2.22. The smallest absolute Gasteiger partial charge is 0.0487 e. The predicted molar refractivity (Wildman–Crippen MR) is 74.4 cm³/mol. The number of nitrogens with two attached hydrogens (primary N) is 1. The lowest BCUT2D eigenvalue weighted by Crippen LogP contribution is -2.02. The van der Waals surface area contributed by atoms with E-state index >= 15 is 0 Å². The maximum absolute atomic E-state index is 5.60. The first-order chi connectivity index (χ1) is 8.15. The van der Waals surface area contributed by atoms with Gasteiger partial charge in [0, 0.05) is 22.6 Å². The first-order valence-corrected chi connectivity index (χ1v) is 6.44. The summed E-state index contributed by atoms with van der Waals surface area (Å²) >= 11 is 0. The fourth-order valence-electron chi connectivity index (χ4n) is 2.64. The Morgan fingerprint density at radius 2 is 2.06 bits per heavy atom. The van der Waals surface area contributed by atoms with Crippen LogP contribution in [0.25, 0.3) is 10.9 Å². The average Bonchev–Trinajstić information content (AvgIpc) is 2.62. The number of aromatic nitrogens is 1. The van der Waals surface area contributed by atoms with Gasteiger partial charge in [-0.2, -0.15) is 0 Å². The van der Waals surface area contributed by atoms with E-state index in [4.69, 9.17) is 5.73 Å². The van der Waals surface area contributed by atoms with E-state index in [2.05, 4.69) is 49.6 Å². The molecule has 2 aromatic rings. The maximum atomic E-state index is 5.60. The summed E-state index contributed by atoms with van der Waals surface area (Å²) in [6.07, 6.45) is 2.14. The van der Waals surface area contributed by atoms with Gasteiger partial charge in [0.05, 0.1) is 0 Å². The molecule has 0 amide bonds. The minimum atomic E-state index is 0.511. The molecule has 17 heavy (non-hydrogen) atoms. The van der Waals surface area contributed by atoms with Gasteiger partial charge in [0.25, 0.3) is 0 Å². The van der Waals surface area contributed by atoms with Crippen molar-refractivity contribution in [3.05, 3.63) is 35.5 Å². The molecule has 0 aliphatic carbocycles. The lowest BCUT2D eigenvalue weighted by atomic mass is 10.1. The maximum Gasteiger partial charge on any atom is 0.0487 e. The van der Waals surface area contributed by atoms with Gasteiger partial charge in [0.15, 0.2) is 0 Å². The topological polar surface area (TPSA) is 30.9 Å². The molecule has 0 spiro atoms. The molecule has 92 valence electrons. The molecule has 0 radical (unpaired) electrons. The highest BCUT2D eigenvalue weighted by Gasteiger charge is 2.10. The first kappa shape index (κ1) is 12.2. The van der Waals surface area contributed by atoms with Crippen LogP contribution < -0.4 is 5.73 Å². The fraction of sp³-hybridized carbons (Fsp3) is 0.467. The van der Waals surface area contributed by atoms with Crippen molar-refractivity contribution in [1.82, 2.24) is 4.57 Å². The van der Waals surface area contributed by atoms with Crippen LogP contribution in [-0.4, -0.2) is 11.1 Å². The van der Waals surface area contributed by atoms with Gasteiger partial charge in [-0.3, -0.25) is 0 Å². The second-order valence-electron chi connectivity index (χ2n) is 4.99. The molecule has 2 rings (SSSR count). The van der Waals surface area contributed by atoms with Crippen LogP contribution in [0, 0.1) is 6.92 Å². The van der Waals surface area contributed by atoms with Gasteiger partial charge in [-0.1, -0.05) is 12.1 Å². The third-order valence-corrected chi connectivity index (χ3v) is 3.33. The molecular formula is C15H22N2. The van der Waals surface area contributed by atoms with Crippen molar-refractivity contribution in [2.24, 2.45) is 5.73 Å². The van der Waals surface area contributed by atoms with Crippen molar-refractivity contribution >= 4 is 10.9 Å². The summed E-state index contributed by atoms with van der Waals surface area (Å²) in [4.78, 5) is 0. The quantitative estimate of drug-likeness (QED) is 0.857.